The lowest BCUT2D eigenvalue weighted by atomic mass is 9.91. The van der Waals surface area contributed by atoms with Gasteiger partial charge in [0.05, 0.1) is 7.11 Å². The molecule has 31 heavy (non-hydrogen) atoms. The van der Waals surface area contributed by atoms with Gasteiger partial charge in [0.1, 0.15) is 17.2 Å². The summed E-state index contributed by atoms with van der Waals surface area (Å²) in [6.45, 7) is 13.8. The third-order valence-electron chi connectivity index (χ3n) is 4.59. The van der Waals surface area contributed by atoms with E-state index in [1.54, 1.807) is 55.4 Å². The Balaban J connectivity index is 3.08. The fourth-order valence-electron chi connectivity index (χ4n) is 3.36. The van der Waals surface area contributed by atoms with Crippen LogP contribution < -0.4 is 5.32 Å². The van der Waals surface area contributed by atoms with E-state index in [2.05, 4.69) is 5.32 Å². The van der Waals surface area contributed by atoms with Crippen LogP contribution in [-0.2, 0) is 23.9 Å². The molecule has 0 aromatic heterocycles. The van der Waals surface area contributed by atoms with Crippen LogP contribution in [0.15, 0.2) is 0 Å². The molecule has 1 aliphatic rings. The zero-order valence-electron chi connectivity index (χ0n) is 20.3. The summed E-state index contributed by atoms with van der Waals surface area (Å²) >= 11 is 0. The number of carbonyl (C=O) groups is 4. The van der Waals surface area contributed by atoms with Gasteiger partial charge < -0.3 is 14.8 Å². The number of likely N-dealkylation sites (N-methyl/N-ethyl adjacent to an activating group) is 1. The second-order valence-electron chi connectivity index (χ2n) is 10.3. The van der Waals surface area contributed by atoms with Gasteiger partial charge in [-0.05, 0) is 68.2 Å². The Hall–Kier alpha value is -2.36. The maximum absolute atomic E-state index is 13.1. The molecule has 0 spiro atoms. The van der Waals surface area contributed by atoms with E-state index in [4.69, 9.17) is 14.3 Å². The van der Waals surface area contributed by atoms with Gasteiger partial charge in [-0.2, -0.15) is 0 Å². The number of hydroxylamine groups is 2. The van der Waals surface area contributed by atoms with Crippen LogP contribution >= 0.6 is 0 Å². The number of hydrogen-bond acceptors (Lipinski definition) is 7. The van der Waals surface area contributed by atoms with Gasteiger partial charge in [0.2, 0.25) is 5.91 Å². The molecule has 1 rings (SSSR count). The number of nitrogens with one attached hydrogen (secondary N) is 1. The number of nitrogens with zero attached hydrogens (tertiary/aromatic N) is 2. The van der Waals surface area contributed by atoms with Gasteiger partial charge in [-0.1, -0.05) is 0 Å². The number of imide groups is 1. The molecule has 10 heteroatoms. The largest absolute Gasteiger partial charge is 0.444 e. The molecule has 178 valence electrons. The summed E-state index contributed by atoms with van der Waals surface area (Å²) in [4.78, 5) is 56.8. The average molecular weight is 444 g/mol. The summed E-state index contributed by atoms with van der Waals surface area (Å²) in [7, 11) is 2.72. The van der Waals surface area contributed by atoms with Crippen molar-refractivity contribution in [1.29, 1.82) is 0 Å². The Morgan fingerprint density at radius 3 is 2.10 bits per heavy atom. The molecule has 1 heterocycles. The van der Waals surface area contributed by atoms with Crippen LogP contribution in [0.2, 0.25) is 0 Å². The Morgan fingerprint density at radius 2 is 1.65 bits per heavy atom. The van der Waals surface area contributed by atoms with Crippen molar-refractivity contribution in [3.8, 4) is 0 Å². The number of hydrogen-bond donors (Lipinski definition) is 1. The van der Waals surface area contributed by atoms with Gasteiger partial charge in [0.15, 0.2) is 0 Å². The maximum atomic E-state index is 13.1. The lowest BCUT2D eigenvalue weighted by molar-refractivity contribution is -0.171. The quantitative estimate of drug-likeness (QED) is 0.650. The minimum atomic E-state index is -1.08. The van der Waals surface area contributed by atoms with Crippen LogP contribution in [-0.4, -0.2) is 70.9 Å². The molecule has 0 aromatic rings. The van der Waals surface area contributed by atoms with Gasteiger partial charge in [0, 0.05) is 18.5 Å². The first-order valence-corrected chi connectivity index (χ1v) is 10.3. The van der Waals surface area contributed by atoms with E-state index in [0.717, 1.165) is 9.96 Å². The number of amides is 4. The number of likely N-dealkylation sites (tertiary alicyclic amines) is 1. The van der Waals surface area contributed by atoms with Gasteiger partial charge >= 0.3 is 12.2 Å². The minimum Gasteiger partial charge on any atom is -0.444 e. The summed E-state index contributed by atoms with van der Waals surface area (Å²) in [5.74, 6) is -1.69. The fourth-order valence-corrected chi connectivity index (χ4v) is 3.36. The average Bonchev–Trinajstić information content (AvgIpc) is 2.77. The third-order valence-corrected chi connectivity index (χ3v) is 4.59. The third kappa shape index (κ3) is 7.68. The van der Waals surface area contributed by atoms with Crippen molar-refractivity contribution < 1.29 is 33.5 Å². The van der Waals surface area contributed by atoms with Gasteiger partial charge in [0.25, 0.3) is 5.91 Å². The molecule has 1 N–H and O–H groups in total. The van der Waals surface area contributed by atoms with E-state index in [1.165, 1.54) is 14.2 Å². The van der Waals surface area contributed by atoms with Crippen LogP contribution in [0.4, 0.5) is 9.59 Å². The van der Waals surface area contributed by atoms with E-state index >= 15 is 0 Å². The van der Waals surface area contributed by atoms with Crippen molar-refractivity contribution in [1.82, 2.24) is 15.3 Å². The molecule has 10 nitrogen and oxygen atoms in total. The highest BCUT2D eigenvalue weighted by Crippen LogP contribution is 2.37. The molecule has 2 atom stereocenters. The van der Waals surface area contributed by atoms with Crippen LogP contribution in [0.1, 0.15) is 68.2 Å². The molecule has 1 fully saturated rings. The van der Waals surface area contributed by atoms with Crippen LogP contribution in [0, 0.1) is 5.92 Å². The summed E-state index contributed by atoms with van der Waals surface area (Å²) in [6.07, 6.45) is -1.24. The SMILES string of the molecule is CON(C)C(=O)[C@H](CC1CC(C)(C)N(C(=O)OC(C)(C)C)C1=O)NC(=O)OC(C)(C)C. The van der Waals surface area contributed by atoms with Gasteiger partial charge in [-0.25, -0.2) is 19.6 Å². The van der Waals surface area contributed by atoms with Crippen LogP contribution in [0.25, 0.3) is 0 Å². The molecule has 0 bridgehead atoms. The summed E-state index contributed by atoms with van der Waals surface area (Å²) in [6, 6.07) is -1.08. The summed E-state index contributed by atoms with van der Waals surface area (Å²) in [5.41, 5.74) is -2.33. The van der Waals surface area contributed by atoms with Crippen molar-refractivity contribution >= 4 is 24.0 Å². The van der Waals surface area contributed by atoms with Crippen molar-refractivity contribution in [2.24, 2.45) is 5.92 Å². The number of rotatable bonds is 5. The fraction of sp³-hybridized carbons (Fsp3) is 0.810. The highest BCUT2D eigenvalue weighted by molar-refractivity contribution is 5.97. The number of carbonyl (C=O) groups excluding carboxylic acids is 4. The van der Waals surface area contributed by atoms with Crippen molar-refractivity contribution in [2.75, 3.05) is 14.2 Å². The van der Waals surface area contributed by atoms with Crippen molar-refractivity contribution in [3.63, 3.8) is 0 Å². The smallest absolute Gasteiger partial charge is 0.417 e. The van der Waals surface area contributed by atoms with Crippen LogP contribution in [0.3, 0.4) is 0 Å². The number of ether oxygens (including phenoxy) is 2. The van der Waals surface area contributed by atoms with E-state index in [0.29, 0.717) is 6.42 Å². The summed E-state index contributed by atoms with van der Waals surface area (Å²) < 4.78 is 10.6. The molecular formula is C21H37N3O7. The Labute approximate surface area is 184 Å². The zero-order chi connectivity index (χ0) is 24.4. The predicted octanol–water partition coefficient (Wildman–Crippen LogP) is 2.85. The highest BCUT2D eigenvalue weighted by atomic mass is 16.7. The standard InChI is InChI=1S/C21H37N3O7/c1-19(2,3)30-17(27)22-14(16(26)23(9)29-10)11-13-12-21(7,8)24(15(13)25)18(28)31-20(4,5)6/h13-14H,11-12H2,1-10H3,(H,22,27)/t13?,14-/m0/s1. The molecule has 0 aliphatic carbocycles. The Bertz CT molecular complexity index is 707. The normalized spacial score (nSPS) is 19.6. The monoisotopic (exact) mass is 443 g/mol. The Kier molecular flexibility index (Phi) is 8.10. The van der Waals surface area contributed by atoms with Crippen molar-refractivity contribution in [3.05, 3.63) is 0 Å². The maximum Gasteiger partial charge on any atom is 0.417 e. The van der Waals surface area contributed by atoms with Crippen LogP contribution in [0.5, 0.6) is 0 Å². The topological polar surface area (TPSA) is 114 Å². The molecule has 0 saturated carbocycles. The molecule has 1 unspecified atom stereocenters. The molecule has 1 aliphatic heterocycles. The van der Waals surface area contributed by atoms with E-state index in [-0.39, 0.29) is 6.42 Å². The first-order chi connectivity index (χ1) is 13.9. The highest BCUT2D eigenvalue weighted by Gasteiger charge is 2.50. The molecule has 0 radical (unpaired) electrons. The van der Waals surface area contributed by atoms with E-state index in [1.807, 2.05) is 0 Å². The van der Waals surface area contributed by atoms with E-state index < -0.39 is 52.7 Å². The molecule has 1 saturated heterocycles. The van der Waals surface area contributed by atoms with Gasteiger partial charge in [-0.3, -0.25) is 14.4 Å². The predicted molar refractivity (Wildman–Crippen MR) is 113 cm³/mol. The zero-order valence-corrected chi connectivity index (χ0v) is 20.3. The Morgan fingerprint density at radius 1 is 1.13 bits per heavy atom. The molecule has 0 aromatic carbocycles. The second-order valence-corrected chi connectivity index (χ2v) is 10.3. The van der Waals surface area contributed by atoms with E-state index in [9.17, 15) is 19.2 Å². The van der Waals surface area contributed by atoms with Gasteiger partial charge in [-0.15, -0.1) is 0 Å². The summed E-state index contributed by atoms with van der Waals surface area (Å²) in [5, 5.41) is 3.50. The van der Waals surface area contributed by atoms with Crippen molar-refractivity contribution in [2.45, 2.75) is 91.0 Å². The molecule has 4 amide bonds. The lowest BCUT2D eigenvalue weighted by Crippen LogP contribution is -2.50. The first kappa shape index (κ1) is 26.7. The first-order valence-electron chi connectivity index (χ1n) is 10.3. The number of alkyl carbamates (subject to hydrolysis) is 1. The lowest BCUT2D eigenvalue weighted by Gasteiger charge is -2.31. The second kappa shape index (κ2) is 9.42. The molecular weight excluding hydrogens is 406 g/mol. The minimum absolute atomic E-state index is 0.0205.